The predicted octanol–water partition coefficient (Wildman–Crippen LogP) is 2.50. The van der Waals surface area contributed by atoms with Crippen LogP contribution in [0.5, 0.6) is 5.75 Å². The molecule has 1 saturated heterocycles. The van der Waals surface area contributed by atoms with Crippen LogP contribution in [-0.2, 0) is 11.2 Å². The van der Waals surface area contributed by atoms with E-state index in [-0.39, 0.29) is 24.3 Å². The average Bonchev–Trinajstić information content (AvgIpc) is 2.89. The molecule has 0 saturated carbocycles. The van der Waals surface area contributed by atoms with Crippen molar-refractivity contribution in [1.82, 2.24) is 10.2 Å². The number of carbonyl (C=O) groups is 1. The lowest BCUT2D eigenvalue weighted by Crippen LogP contribution is -2.52. The molecule has 2 aliphatic rings. The molecule has 0 bridgehead atoms. The molecule has 0 unspecified atom stereocenters. The van der Waals surface area contributed by atoms with Crippen LogP contribution in [0.2, 0.25) is 0 Å². The highest BCUT2D eigenvalue weighted by Gasteiger charge is 2.30. The van der Waals surface area contributed by atoms with Gasteiger partial charge in [-0.3, -0.25) is 0 Å². The molecule has 22 heavy (non-hydrogen) atoms. The Morgan fingerprint density at radius 2 is 2.05 bits per heavy atom. The van der Waals surface area contributed by atoms with E-state index in [0.29, 0.717) is 13.1 Å². The standard InChI is InChI=1S/C17H24N2O3/c1-11-9-19(10-12(2)22-11)17(20)18-15-8-7-14-13(15)5-4-6-16(14)21-3/h4-6,11-12,15H,7-10H2,1-3H3,(H,18,20)/t11-,12-,15+/m1/s1. The number of carbonyl (C=O) groups excluding carboxylic acids is 1. The Balaban J connectivity index is 1.69. The van der Waals surface area contributed by atoms with Gasteiger partial charge in [-0.15, -0.1) is 0 Å². The Hall–Kier alpha value is -1.75. The third-order valence-corrected chi connectivity index (χ3v) is 4.45. The van der Waals surface area contributed by atoms with Gasteiger partial charge in [-0.25, -0.2) is 4.79 Å². The Kier molecular flexibility index (Phi) is 4.25. The van der Waals surface area contributed by atoms with Crippen molar-refractivity contribution >= 4 is 6.03 Å². The lowest BCUT2D eigenvalue weighted by molar-refractivity contribution is -0.0547. The van der Waals surface area contributed by atoms with E-state index in [1.54, 1.807) is 7.11 Å². The molecule has 1 fully saturated rings. The second-order valence-corrected chi connectivity index (χ2v) is 6.23. The summed E-state index contributed by atoms with van der Waals surface area (Å²) in [6.07, 6.45) is 2.05. The van der Waals surface area contributed by atoms with E-state index in [2.05, 4.69) is 11.4 Å². The van der Waals surface area contributed by atoms with E-state index in [9.17, 15) is 4.79 Å². The van der Waals surface area contributed by atoms with E-state index in [1.165, 1.54) is 11.1 Å². The molecule has 5 heteroatoms. The van der Waals surface area contributed by atoms with Gasteiger partial charge in [0.2, 0.25) is 0 Å². The van der Waals surface area contributed by atoms with Crippen LogP contribution in [0.1, 0.15) is 37.4 Å². The lowest BCUT2D eigenvalue weighted by Gasteiger charge is -2.36. The molecule has 120 valence electrons. The molecule has 1 heterocycles. The summed E-state index contributed by atoms with van der Waals surface area (Å²) in [4.78, 5) is 14.4. The van der Waals surface area contributed by atoms with Crippen molar-refractivity contribution in [2.45, 2.75) is 44.9 Å². The topological polar surface area (TPSA) is 50.8 Å². The highest BCUT2D eigenvalue weighted by molar-refractivity contribution is 5.75. The van der Waals surface area contributed by atoms with Crippen molar-refractivity contribution in [3.8, 4) is 5.75 Å². The van der Waals surface area contributed by atoms with Crippen molar-refractivity contribution in [2.24, 2.45) is 0 Å². The molecule has 0 radical (unpaired) electrons. The van der Waals surface area contributed by atoms with Crippen molar-refractivity contribution in [2.75, 3.05) is 20.2 Å². The maximum Gasteiger partial charge on any atom is 0.318 e. The summed E-state index contributed by atoms with van der Waals surface area (Å²) in [6, 6.07) is 6.13. The van der Waals surface area contributed by atoms with E-state index in [4.69, 9.17) is 9.47 Å². The van der Waals surface area contributed by atoms with Gasteiger partial charge in [-0.05, 0) is 43.9 Å². The van der Waals surface area contributed by atoms with Gasteiger partial charge in [-0.2, -0.15) is 0 Å². The van der Waals surface area contributed by atoms with Crippen molar-refractivity contribution in [3.05, 3.63) is 29.3 Å². The number of hydrogen-bond acceptors (Lipinski definition) is 3. The minimum absolute atomic E-state index is 0.00247. The van der Waals surface area contributed by atoms with Gasteiger partial charge < -0.3 is 19.7 Å². The largest absolute Gasteiger partial charge is 0.496 e. The minimum Gasteiger partial charge on any atom is -0.496 e. The highest BCUT2D eigenvalue weighted by atomic mass is 16.5. The molecule has 3 rings (SSSR count). The van der Waals surface area contributed by atoms with E-state index in [0.717, 1.165) is 18.6 Å². The Bertz CT molecular complexity index is 551. The van der Waals surface area contributed by atoms with E-state index < -0.39 is 0 Å². The van der Waals surface area contributed by atoms with Crippen LogP contribution in [0, 0.1) is 0 Å². The van der Waals surface area contributed by atoms with E-state index >= 15 is 0 Å². The third-order valence-electron chi connectivity index (χ3n) is 4.45. The van der Waals surface area contributed by atoms with Crippen LogP contribution in [0.25, 0.3) is 0 Å². The summed E-state index contributed by atoms with van der Waals surface area (Å²) in [5.74, 6) is 0.919. The Labute approximate surface area is 131 Å². The number of morpholine rings is 1. The number of methoxy groups -OCH3 is 1. The maximum absolute atomic E-state index is 12.5. The van der Waals surface area contributed by atoms with Crippen LogP contribution >= 0.6 is 0 Å². The fraction of sp³-hybridized carbons (Fsp3) is 0.588. The molecule has 5 nitrogen and oxygen atoms in total. The van der Waals surface area contributed by atoms with Gasteiger partial charge in [-0.1, -0.05) is 12.1 Å². The highest BCUT2D eigenvalue weighted by Crippen LogP contribution is 2.36. The number of benzene rings is 1. The van der Waals surface area contributed by atoms with Crippen molar-refractivity contribution < 1.29 is 14.3 Å². The number of nitrogens with one attached hydrogen (secondary N) is 1. The molecular weight excluding hydrogens is 280 g/mol. The summed E-state index contributed by atoms with van der Waals surface area (Å²) in [7, 11) is 1.69. The number of hydrogen-bond donors (Lipinski definition) is 1. The molecule has 0 aromatic heterocycles. The van der Waals surface area contributed by atoms with Crippen molar-refractivity contribution in [3.63, 3.8) is 0 Å². The molecule has 0 spiro atoms. The summed E-state index contributed by atoms with van der Waals surface area (Å²) >= 11 is 0. The molecule has 1 aliphatic heterocycles. The molecule has 1 aromatic carbocycles. The Morgan fingerprint density at radius 1 is 1.32 bits per heavy atom. The normalized spacial score (nSPS) is 27.4. The van der Waals surface area contributed by atoms with Crippen LogP contribution in [-0.4, -0.2) is 43.3 Å². The van der Waals surface area contributed by atoms with Crippen LogP contribution in [0.3, 0.4) is 0 Å². The number of fused-ring (bicyclic) bond motifs is 1. The maximum atomic E-state index is 12.5. The number of amides is 2. The minimum atomic E-state index is 0.00247. The first-order valence-corrected chi connectivity index (χ1v) is 7.95. The predicted molar refractivity (Wildman–Crippen MR) is 84.2 cm³/mol. The second-order valence-electron chi connectivity index (χ2n) is 6.23. The smallest absolute Gasteiger partial charge is 0.318 e. The molecule has 2 amide bonds. The van der Waals surface area contributed by atoms with Crippen molar-refractivity contribution in [1.29, 1.82) is 0 Å². The molecule has 1 N–H and O–H groups in total. The van der Waals surface area contributed by atoms with Gasteiger partial charge in [0.15, 0.2) is 0 Å². The lowest BCUT2D eigenvalue weighted by atomic mass is 10.1. The number of nitrogens with zero attached hydrogens (tertiary/aromatic N) is 1. The van der Waals surface area contributed by atoms with Gasteiger partial charge >= 0.3 is 6.03 Å². The van der Waals surface area contributed by atoms with E-state index in [1.807, 2.05) is 30.9 Å². The summed E-state index contributed by atoms with van der Waals surface area (Å²) in [6.45, 7) is 5.30. The monoisotopic (exact) mass is 304 g/mol. The third kappa shape index (κ3) is 2.90. The zero-order valence-corrected chi connectivity index (χ0v) is 13.5. The molecule has 3 atom stereocenters. The number of urea groups is 1. The first-order valence-electron chi connectivity index (χ1n) is 7.95. The van der Waals surface area contributed by atoms with Crippen LogP contribution in [0.4, 0.5) is 4.79 Å². The van der Waals surface area contributed by atoms with Crippen LogP contribution in [0.15, 0.2) is 18.2 Å². The molecule has 1 aromatic rings. The zero-order valence-electron chi connectivity index (χ0n) is 13.5. The molecular formula is C17H24N2O3. The SMILES string of the molecule is COc1cccc2c1CC[C@@H]2NC(=O)N1C[C@@H](C)O[C@H](C)C1. The molecule has 1 aliphatic carbocycles. The number of rotatable bonds is 2. The quantitative estimate of drug-likeness (QED) is 0.913. The second kappa shape index (κ2) is 6.16. The van der Waals surface area contributed by atoms with Gasteiger partial charge in [0, 0.05) is 13.1 Å². The average molecular weight is 304 g/mol. The first-order chi connectivity index (χ1) is 10.6. The number of ether oxygens (including phenoxy) is 2. The van der Waals surface area contributed by atoms with Gasteiger partial charge in [0.1, 0.15) is 5.75 Å². The van der Waals surface area contributed by atoms with Crippen LogP contribution < -0.4 is 10.1 Å². The fourth-order valence-electron chi connectivity index (χ4n) is 3.55. The Morgan fingerprint density at radius 3 is 2.73 bits per heavy atom. The summed E-state index contributed by atoms with van der Waals surface area (Å²) in [5, 5.41) is 3.17. The fourth-order valence-corrected chi connectivity index (χ4v) is 3.55. The zero-order chi connectivity index (χ0) is 15.7. The summed E-state index contributed by atoms with van der Waals surface area (Å²) < 4.78 is 11.1. The first kappa shape index (κ1) is 15.2. The summed E-state index contributed by atoms with van der Waals surface area (Å²) in [5.41, 5.74) is 2.40. The van der Waals surface area contributed by atoms with Gasteiger partial charge in [0.05, 0.1) is 25.4 Å². The van der Waals surface area contributed by atoms with Gasteiger partial charge in [0.25, 0.3) is 0 Å².